The topological polar surface area (TPSA) is 46.5 Å². The number of hydrogen-bond donors (Lipinski definition) is 1. The zero-order valence-corrected chi connectivity index (χ0v) is 12.3. The predicted octanol–water partition coefficient (Wildman–Crippen LogP) is 3.90. The lowest BCUT2D eigenvalue weighted by Crippen LogP contribution is -2.06. The fourth-order valence-corrected chi connectivity index (χ4v) is 2.53. The monoisotopic (exact) mass is 300 g/mol. The molecule has 2 aromatic carbocycles. The van der Waals surface area contributed by atoms with Crippen LogP contribution in [0.2, 0.25) is 0 Å². The van der Waals surface area contributed by atoms with Crippen LogP contribution in [0, 0.1) is 24.6 Å². The average Bonchev–Trinajstić information content (AvgIpc) is 3.28. The Bertz CT molecular complexity index is 694. The molecule has 1 N–H and O–H groups in total. The molecule has 0 saturated heterocycles. The first-order valence-corrected chi connectivity index (χ1v) is 7.27. The number of rotatable bonds is 5. The number of halogens is 1. The van der Waals surface area contributed by atoms with Gasteiger partial charge in [-0.25, -0.2) is 4.39 Å². The van der Waals surface area contributed by atoms with Gasteiger partial charge in [-0.3, -0.25) is 4.79 Å². The van der Waals surface area contributed by atoms with Gasteiger partial charge in [-0.2, -0.15) is 0 Å². The zero-order valence-electron chi connectivity index (χ0n) is 12.3. The van der Waals surface area contributed by atoms with E-state index in [4.69, 9.17) is 9.84 Å². The summed E-state index contributed by atoms with van der Waals surface area (Å²) < 4.78 is 19.4. The average molecular weight is 300 g/mol. The number of hydrogen-bond acceptors (Lipinski definition) is 2. The summed E-state index contributed by atoms with van der Waals surface area (Å²) in [6, 6.07) is 12.2. The molecule has 0 aliphatic heterocycles. The van der Waals surface area contributed by atoms with Crippen LogP contribution in [0.1, 0.15) is 12.0 Å². The van der Waals surface area contributed by atoms with Gasteiger partial charge in [0.2, 0.25) is 0 Å². The molecular weight excluding hydrogens is 283 g/mol. The Hall–Kier alpha value is -2.36. The summed E-state index contributed by atoms with van der Waals surface area (Å²) in [4.78, 5) is 10.8. The molecule has 0 radical (unpaired) electrons. The van der Waals surface area contributed by atoms with Gasteiger partial charge in [-0.05, 0) is 43.2 Å². The zero-order chi connectivity index (χ0) is 15.7. The molecule has 1 aliphatic carbocycles. The van der Waals surface area contributed by atoms with Gasteiger partial charge in [0.1, 0.15) is 11.6 Å². The van der Waals surface area contributed by atoms with Gasteiger partial charge < -0.3 is 9.84 Å². The van der Waals surface area contributed by atoms with Gasteiger partial charge in [0.15, 0.2) is 0 Å². The largest absolute Gasteiger partial charge is 0.493 e. The minimum absolute atomic E-state index is 0.103. The van der Waals surface area contributed by atoms with E-state index in [1.165, 1.54) is 6.07 Å². The summed E-state index contributed by atoms with van der Waals surface area (Å²) in [5, 5.41) is 8.84. The Labute approximate surface area is 128 Å². The summed E-state index contributed by atoms with van der Waals surface area (Å²) in [6.45, 7) is 2.34. The molecule has 4 heteroatoms. The molecule has 1 fully saturated rings. The fourth-order valence-electron chi connectivity index (χ4n) is 2.53. The molecule has 0 aromatic heterocycles. The fraction of sp³-hybridized carbons (Fsp3) is 0.278. The first-order chi connectivity index (χ1) is 10.5. The Kier molecular flexibility index (Phi) is 3.84. The Morgan fingerprint density at radius 3 is 2.64 bits per heavy atom. The number of carboxylic acid groups (broad SMARTS) is 1. The van der Waals surface area contributed by atoms with E-state index in [1.807, 2.05) is 25.1 Å². The molecule has 0 heterocycles. The van der Waals surface area contributed by atoms with E-state index in [9.17, 15) is 9.18 Å². The van der Waals surface area contributed by atoms with Gasteiger partial charge >= 0.3 is 5.97 Å². The van der Waals surface area contributed by atoms with Crippen molar-refractivity contribution < 1.29 is 19.0 Å². The van der Waals surface area contributed by atoms with E-state index >= 15 is 0 Å². The van der Waals surface area contributed by atoms with Crippen LogP contribution in [0.25, 0.3) is 11.1 Å². The standard InChI is InChI=1S/C18H17FO3/c1-11-2-7-17(19)15(8-11)12-3-5-14(6-4-12)22-10-13-9-16(13)18(20)21/h2-8,13,16H,9-10H2,1H3,(H,20,21). The molecule has 3 nitrogen and oxygen atoms in total. The quantitative estimate of drug-likeness (QED) is 0.911. The van der Waals surface area contributed by atoms with Gasteiger partial charge in [-0.15, -0.1) is 0 Å². The lowest BCUT2D eigenvalue weighted by atomic mass is 10.0. The van der Waals surface area contributed by atoms with E-state index in [1.54, 1.807) is 18.2 Å². The van der Waals surface area contributed by atoms with E-state index in [-0.39, 0.29) is 17.7 Å². The molecule has 1 aliphatic rings. The maximum Gasteiger partial charge on any atom is 0.306 e. The van der Waals surface area contributed by atoms with Gasteiger partial charge in [0.25, 0.3) is 0 Å². The first kappa shape index (κ1) is 14.6. The van der Waals surface area contributed by atoms with Crippen LogP contribution in [0.5, 0.6) is 5.75 Å². The highest BCUT2D eigenvalue weighted by atomic mass is 19.1. The molecule has 0 bridgehead atoms. The van der Waals surface area contributed by atoms with Crippen LogP contribution >= 0.6 is 0 Å². The number of aliphatic carboxylic acids is 1. The summed E-state index contributed by atoms with van der Waals surface area (Å²) in [7, 11) is 0. The third-order valence-electron chi connectivity index (χ3n) is 3.99. The second-order valence-corrected chi connectivity index (χ2v) is 5.76. The molecule has 2 aromatic rings. The van der Waals surface area contributed by atoms with Gasteiger partial charge in [0, 0.05) is 11.5 Å². The summed E-state index contributed by atoms with van der Waals surface area (Å²) in [5.74, 6) is -0.486. The maximum absolute atomic E-state index is 13.8. The molecule has 0 amide bonds. The van der Waals surface area contributed by atoms with E-state index in [0.29, 0.717) is 24.3 Å². The Balaban J connectivity index is 1.65. The van der Waals surface area contributed by atoms with E-state index < -0.39 is 5.97 Å². The third-order valence-corrected chi connectivity index (χ3v) is 3.99. The Morgan fingerprint density at radius 1 is 1.27 bits per heavy atom. The molecule has 2 atom stereocenters. The van der Waals surface area contributed by atoms with Gasteiger partial charge in [-0.1, -0.05) is 23.8 Å². The molecule has 1 saturated carbocycles. The third kappa shape index (κ3) is 3.11. The lowest BCUT2D eigenvalue weighted by Gasteiger charge is -2.08. The number of benzene rings is 2. The van der Waals surface area contributed by atoms with Crippen LogP contribution in [-0.4, -0.2) is 17.7 Å². The number of ether oxygens (including phenoxy) is 1. The molecule has 114 valence electrons. The van der Waals surface area contributed by atoms with Crippen molar-refractivity contribution in [1.82, 2.24) is 0 Å². The smallest absolute Gasteiger partial charge is 0.306 e. The number of carboxylic acids is 1. The molecule has 0 spiro atoms. The minimum Gasteiger partial charge on any atom is -0.493 e. The van der Waals surface area contributed by atoms with Crippen molar-refractivity contribution in [3.63, 3.8) is 0 Å². The second-order valence-electron chi connectivity index (χ2n) is 5.76. The van der Waals surface area contributed by atoms with Crippen molar-refractivity contribution in [2.45, 2.75) is 13.3 Å². The van der Waals surface area contributed by atoms with Crippen LogP contribution in [-0.2, 0) is 4.79 Å². The first-order valence-electron chi connectivity index (χ1n) is 7.27. The minimum atomic E-state index is -0.751. The van der Waals surface area contributed by atoms with Crippen molar-refractivity contribution in [3.05, 3.63) is 53.8 Å². The lowest BCUT2D eigenvalue weighted by molar-refractivity contribution is -0.138. The van der Waals surface area contributed by atoms with Crippen LogP contribution in [0.15, 0.2) is 42.5 Å². The van der Waals surface area contributed by atoms with Crippen molar-refractivity contribution in [2.24, 2.45) is 11.8 Å². The second kappa shape index (κ2) is 5.79. The highest BCUT2D eigenvalue weighted by Crippen LogP contribution is 2.39. The van der Waals surface area contributed by atoms with E-state index in [2.05, 4.69) is 0 Å². The predicted molar refractivity (Wildman–Crippen MR) is 81.3 cm³/mol. The van der Waals surface area contributed by atoms with Crippen molar-refractivity contribution >= 4 is 5.97 Å². The summed E-state index contributed by atoms with van der Waals surface area (Å²) in [5.41, 5.74) is 2.37. The van der Waals surface area contributed by atoms with Crippen LogP contribution in [0.3, 0.4) is 0 Å². The highest BCUT2D eigenvalue weighted by Gasteiger charge is 2.43. The molecule has 22 heavy (non-hydrogen) atoms. The van der Waals surface area contributed by atoms with Crippen LogP contribution < -0.4 is 4.74 Å². The van der Waals surface area contributed by atoms with Crippen LogP contribution in [0.4, 0.5) is 4.39 Å². The van der Waals surface area contributed by atoms with Gasteiger partial charge in [0.05, 0.1) is 12.5 Å². The number of carbonyl (C=O) groups is 1. The summed E-state index contributed by atoms with van der Waals surface area (Å²) >= 11 is 0. The number of aryl methyl sites for hydroxylation is 1. The SMILES string of the molecule is Cc1ccc(F)c(-c2ccc(OCC3CC3C(=O)O)cc2)c1. The molecular formula is C18H17FO3. The normalized spacial score (nSPS) is 19.7. The van der Waals surface area contributed by atoms with Crippen molar-refractivity contribution in [2.75, 3.05) is 6.61 Å². The summed E-state index contributed by atoms with van der Waals surface area (Å²) in [6.07, 6.45) is 0.682. The molecule has 2 unspecified atom stereocenters. The van der Waals surface area contributed by atoms with E-state index in [0.717, 1.165) is 11.1 Å². The molecule has 3 rings (SSSR count). The maximum atomic E-state index is 13.8. The Morgan fingerprint density at radius 2 is 2.00 bits per heavy atom. The highest BCUT2D eigenvalue weighted by molar-refractivity contribution is 5.73. The van der Waals surface area contributed by atoms with Crippen molar-refractivity contribution in [3.8, 4) is 16.9 Å². The van der Waals surface area contributed by atoms with Crippen molar-refractivity contribution in [1.29, 1.82) is 0 Å².